The number of rotatable bonds is 9. The van der Waals surface area contributed by atoms with Crippen molar-refractivity contribution >= 4 is 23.2 Å². The van der Waals surface area contributed by atoms with E-state index in [4.69, 9.17) is 0 Å². The van der Waals surface area contributed by atoms with Crippen LogP contribution in [0.3, 0.4) is 0 Å². The molecule has 2 unspecified atom stereocenters. The van der Waals surface area contributed by atoms with Crippen LogP contribution in [0, 0.1) is 5.82 Å². The molecule has 0 bridgehead atoms. The Morgan fingerprint density at radius 3 is 2.93 bits per heavy atom. The van der Waals surface area contributed by atoms with Crippen molar-refractivity contribution in [2.75, 3.05) is 20.1 Å². The number of carbonyl (C=O) groups is 2. The van der Waals surface area contributed by atoms with E-state index in [-0.39, 0.29) is 36.1 Å². The first-order chi connectivity index (χ1) is 14.0. The van der Waals surface area contributed by atoms with Gasteiger partial charge in [0.25, 0.3) is 5.91 Å². The second-order valence-corrected chi connectivity index (χ2v) is 8.08. The molecule has 0 aliphatic carbocycles. The molecule has 29 heavy (non-hydrogen) atoms. The van der Waals surface area contributed by atoms with Crippen molar-refractivity contribution in [2.45, 2.75) is 37.8 Å². The number of carbonyl (C=O) groups excluding carboxylic acids is 2. The lowest BCUT2D eigenvalue weighted by atomic mass is 9.99. The lowest BCUT2D eigenvalue weighted by molar-refractivity contribution is -0.129. The fourth-order valence-corrected chi connectivity index (χ4v) is 4.06. The van der Waals surface area contributed by atoms with E-state index >= 15 is 0 Å². The number of nitrogens with one attached hydrogen (secondary N) is 3. The number of hydrazine groups is 1. The van der Waals surface area contributed by atoms with E-state index in [9.17, 15) is 14.0 Å². The van der Waals surface area contributed by atoms with Crippen LogP contribution in [0.2, 0.25) is 0 Å². The van der Waals surface area contributed by atoms with Crippen molar-refractivity contribution in [1.82, 2.24) is 21.1 Å². The third-order valence-electron chi connectivity index (χ3n) is 5.11. The van der Waals surface area contributed by atoms with E-state index in [1.54, 1.807) is 35.5 Å². The lowest BCUT2D eigenvalue weighted by Crippen LogP contribution is -2.34. The average molecular weight is 419 g/mol. The molecule has 1 saturated heterocycles. The third-order valence-corrected chi connectivity index (χ3v) is 5.80. The summed E-state index contributed by atoms with van der Waals surface area (Å²) in [6.07, 6.45) is 2.97. The molecule has 0 spiro atoms. The Morgan fingerprint density at radius 1 is 1.31 bits per heavy atom. The molecule has 2 amide bonds. The summed E-state index contributed by atoms with van der Waals surface area (Å²) >= 11 is 1.47. The van der Waals surface area contributed by atoms with E-state index < -0.39 is 0 Å². The lowest BCUT2D eigenvalue weighted by Gasteiger charge is -2.18. The van der Waals surface area contributed by atoms with E-state index in [1.165, 1.54) is 17.4 Å². The highest BCUT2D eigenvalue weighted by Crippen LogP contribution is 2.24. The molecule has 2 aromatic rings. The zero-order chi connectivity index (χ0) is 20.6. The standard InChI is InChI=1S/C21H27FN4O2S/c1-26(20(27)7-9-23-21(28)16-8-11-29-14-16)10-3-6-18-13-19(25-24-18)15-4-2-5-17(22)12-15/h2,4-5,8,11-12,14,18-19,24-25H,3,6-7,9-10,13H2,1H3,(H,23,28). The summed E-state index contributed by atoms with van der Waals surface area (Å²) in [5.41, 5.74) is 8.06. The first kappa shape index (κ1) is 21.4. The summed E-state index contributed by atoms with van der Waals surface area (Å²) in [6.45, 7) is 1.00. The molecule has 3 rings (SSSR count). The third kappa shape index (κ3) is 6.35. The van der Waals surface area contributed by atoms with Gasteiger partial charge in [0.05, 0.1) is 0 Å². The second-order valence-electron chi connectivity index (χ2n) is 7.30. The highest BCUT2D eigenvalue weighted by Gasteiger charge is 2.25. The van der Waals surface area contributed by atoms with Crippen molar-refractivity contribution in [3.63, 3.8) is 0 Å². The average Bonchev–Trinajstić information content (AvgIpc) is 3.40. The van der Waals surface area contributed by atoms with Gasteiger partial charge in [0.15, 0.2) is 0 Å². The van der Waals surface area contributed by atoms with Gasteiger partial charge in [-0.1, -0.05) is 12.1 Å². The summed E-state index contributed by atoms with van der Waals surface area (Å²) in [5.74, 6) is -0.348. The van der Waals surface area contributed by atoms with Gasteiger partial charge in [0.2, 0.25) is 5.91 Å². The van der Waals surface area contributed by atoms with Crippen molar-refractivity contribution in [3.8, 4) is 0 Å². The topological polar surface area (TPSA) is 73.5 Å². The maximum Gasteiger partial charge on any atom is 0.252 e. The fourth-order valence-electron chi connectivity index (χ4n) is 3.42. The normalized spacial score (nSPS) is 18.6. The molecule has 8 heteroatoms. The van der Waals surface area contributed by atoms with E-state index in [2.05, 4.69) is 16.2 Å². The summed E-state index contributed by atoms with van der Waals surface area (Å²) in [4.78, 5) is 25.8. The van der Waals surface area contributed by atoms with Crippen LogP contribution in [-0.4, -0.2) is 42.9 Å². The molecule has 1 aliphatic heterocycles. The van der Waals surface area contributed by atoms with Crippen LogP contribution in [-0.2, 0) is 4.79 Å². The predicted molar refractivity (Wildman–Crippen MR) is 112 cm³/mol. The Hall–Kier alpha value is -2.29. The smallest absolute Gasteiger partial charge is 0.252 e. The van der Waals surface area contributed by atoms with Crippen LogP contribution in [0.5, 0.6) is 0 Å². The minimum atomic E-state index is -0.223. The highest BCUT2D eigenvalue weighted by atomic mass is 32.1. The Labute approximate surface area is 174 Å². The van der Waals surface area contributed by atoms with Crippen LogP contribution in [0.1, 0.15) is 47.6 Å². The molecular formula is C21H27FN4O2S. The maximum atomic E-state index is 13.4. The van der Waals surface area contributed by atoms with Crippen LogP contribution in [0.25, 0.3) is 0 Å². The molecule has 6 nitrogen and oxygen atoms in total. The molecule has 2 heterocycles. The zero-order valence-corrected chi connectivity index (χ0v) is 17.3. The molecule has 1 aromatic heterocycles. The molecule has 3 N–H and O–H groups in total. The van der Waals surface area contributed by atoms with Crippen molar-refractivity contribution in [1.29, 1.82) is 0 Å². The van der Waals surface area contributed by atoms with E-state index in [0.29, 0.717) is 18.7 Å². The van der Waals surface area contributed by atoms with Gasteiger partial charge in [0.1, 0.15) is 5.82 Å². The summed E-state index contributed by atoms with van der Waals surface area (Å²) in [7, 11) is 1.79. The Kier molecular flexibility index (Phi) is 7.74. The Balaban J connectivity index is 1.31. The number of hydrogen-bond donors (Lipinski definition) is 3. The van der Waals surface area contributed by atoms with Crippen LogP contribution in [0.15, 0.2) is 41.1 Å². The maximum absolute atomic E-state index is 13.4. The number of halogens is 1. The van der Waals surface area contributed by atoms with Gasteiger partial charge in [-0.25, -0.2) is 4.39 Å². The van der Waals surface area contributed by atoms with Gasteiger partial charge in [-0.15, -0.1) is 0 Å². The van der Waals surface area contributed by atoms with Gasteiger partial charge in [0, 0.05) is 49.6 Å². The van der Waals surface area contributed by atoms with Crippen LogP contribution >= 0.6 is 11.3 Å². The van der Waals surface area contributed by atoms with Crippen LogP contribution < -0.4 is 16.2 Å². The SMILES string of the molecule is CN(CCCC1CC(c2cccc(F)c2)NN1)C(=O)CCNC(=O)c1ccsc1. The van der Waals surface area contributed by atoms with Gasteiger partial charge in [-0.2, -0.15) is 11.3 Å². The van der Waals surface area contributed by atoms with Gasteiger partial charge in [-0.05, 0) is 48.4 Å². The van der Waals surface area contributed by atoms with Crippen molar-refractivity contribution in [3.05, 3.63) is 58.0 Å². The van der Waals surface area contributed by atoms with Crippen molar-refractivity contribution < 1.29 is 14.0 Å². The van der Waals surface area contributed by atoms with E-state index in [1.807, 2.05) is 11.4 Å². The molecule has 0 saturated carbocycles. The largest absolute Gasteiger partial charge is 0.351 e. The molecule has 2 atom stereocenters. The molecule has 156 valence electrons. The van der Waals surface area contributed by atoms with Crippen LogP contribution in [0.4, 0.5) is 4.39 Å². The predicted octanol–water partition coefficient (Wildman–Crippen LogP) is 2.85. The highest BCUT2D eigenvalue weighted by molar-refractivity contribution is 7.08. The monoisotopic (exact) mass is 418 g/mol. The first-order valence-corrected chi connectivity index (χ1v) is 10.8. The number of nitrogens with zero attached hydrogens (tertiary/aromatic N) is 1. The minimum absolute atomic E-state index is 0.0192. The zero-order valence-electron chi connectivity index (χ0n) is 16.5. The second kappa shape index (κ2) is 10.5. The Bertz CT molecular complexity index is 815. The molecule has 1 aromatic carbocycles. The van der Waals surface area contributed by atoms with Gasteiger partial charge < -0.3 is 10.2 Å². The summed E-state index contributed by atoms with van der Waals surface area (Å²) in [6, 6.07) is 8.81. The number of hydrogen-bond acceptors (Lipinski definition) is 5. The van der Waals surface area contributed by atoms with E-state index in [0.717, 1.165) is 24.8 Å². The summed E-state index contributed by atoms with van der Waals surface area (Å²) < 4.78 is 13.4. The minimum Gasteiger partial charge on any atom is -0.351 e. The van der Waals surface area contributed by atoms with Crippen molar-refractivity contribution in [2.24, 2.45) is 0 Å². The molecular weight excluding hydrogens is 391 g/mol. The Morgan fingerprint density at radius 2 is 2.17 bits per heavy atom. The van der Waals surface area contributed by atoms with Gasteiger partial charge in [-0.3, -0.25) is 20.4 Å². The molecule has 1 aliphatic rings. The molecule has 0 radical (unpaired) electrons. The number of amides is 2. The summed E-state index contributed by atoms with van der Waals surface area (Å²) in [5, 5.41) is 6.41. The van der Waals surface area contributed by atoms with Gasteiger partial charge >= 0.3 is 0 Å². The quantitative estimate of drug-likeness (QED) is 0.586. The number of benzene rings is 1. The number of thiophene rings is 1. The fraction of sp³-hybridized carbons (Fsp3) is 0.429. The first-order valence-electron chi connectivity index (χ1n) is 9.84. The molecule has 1 fully saturated rings.